The molecule has 0 aliphatic carbocycles. The summed E-state index contributed by atoms with van der Waals surface area (Å²) in [5, 5.41) is 3.56. The average molecular weight is 426 g/mol. The zero-order valence-corrected chi connectivity index (χ0v) is 19.8. The number of nitrogens with one attached hydrogen (secondary N) is 1. The molecule has 2 heterocycles. The number of aromatic nitrogens is 2. The molecule has 1 saturated heterocycles. The molecule has 0 atom stereocenters. The minimum Gasteiger partial charge on any atom is -0.383 e. The highest BCUT2D eigenvalue weighted by atomic mass is 16.5. The van der Waals surface area contributed by atoms with Crippen LogP contribution in [0.2, 0.25) is 0 Å². The standard InChI is InChI=1S/C25H39N5O/c1-20-21(2)27-25(23-11-9-22(10-12-23)19-29(3)17-18-31-4)28-24(20)26-13-8-16-30-14-6-5-7-15-30/h9-12H,5-8,13-19H2,1-4H3,(H,26,27,28). The van der Waals surface area contributed by atoms with E-state index in [0.717, 1.165) is 61.1 Å². The molecular formula is C25H39N5O. The molecule has 2 aromatic rings. The van der Waals surface area contributed by atoms with Crippen LogP contribution in [0.3, 0.4) is 0 Å². The number of ether oxygens (including phenoxy) is 1. The van der Waals surface area contributed by atoms with E-state index in [2.05, 4.69) is 60.3 Å². The van der Waals surface area contributed by atoms with Crippen molar-refractivity contribution in [3.05, 3.63) is 41.1 Å². The highest BCUT2D eigenvalue weighted by molar-refractivity contribution is 5.60. The fourth-order valence-corrected chi connectivity index (χ4v) is 4.02. The fraction of sp³-hybridized carbons (Fsp3) is 0.600. The lowest BCUT2D eigenvalue weighted by Gasteiger charge is -2.26. The number of rotatable bonds is 11. The van der Waals surface area contributed by atoms with Crippen LogP contribution in [0.15, 0.2) is 24.3 Å². The van der Waals surface area contributed by atoms with E-state index in [0.29, 0.717) is 0 Å². The highest BCUT2D eigenvalue weighted by Gasteiger charge is 2.12. The number of hydrogen-bond donors (Lipinski definition) is 1. The molecule has 0 bridgehead atoms. The quantitative estimate of drug-likeness (QED) is 0.547. The average Bonchev–Trinajstić information content (AvgIpc) is 2.79. The number of likely N-dealkylation sites (tertiary alicyclic amines) is 1. The maximum Gasteiger partial charge on any atom is 0.161 e. The van der Waals surface area contributed by atoms with Gasteiger partial charge in [0.1, 0.15) is 5.82 Å². The van der Waals surface area contributed by atoms with E-state index in [1.807, 2.05) is 0 Å². The molecule has 170 valence electrons. The van der Waals surface area contributed by atoms with Crippen molar-refractivity contribution in [2.75, 3.05) is 58.8 Å². The van der Waals surface area contributed by atoms with Gasteiger partial charge >= 0.3 is 0 Å². The molecule has 6 nitrogen and oxygen atoms in total. The van der Waals surface area contributed by atoms with Gasteiger partial charge in [0.25, 0.3) is 0 Å². The maximum atomic E-state index is 5.16. The lowest BCUT2D eigenvalue weighted by molar-refractivity contribution is 0.158. The van der Waals surface area contributed by atoms with Crippen molar-refractivity contribution < 1.29 is 4.74 Å². The monoisotopic (exact) mass is 425 g/mol. The van der Waals surface area contributed by atoms with Crippen molar-refractivity contribution in [1.82, 2.24) is 19.8 Å². The number of anilines is 1. The van der Waals surface area contributed by atoms with Gasteiger partial charge in [-0.05, 0) is 65.4 Å². The molecule has 1 aliphatic rings. The summed E-state index contributed by atoms with van der Waals surface area (Å²) in [5.41, 5.74) is 4.51. The molecule has 0 spiro atoms. The summed E-state index contributed by atoms with van der Waals surface area (Å²) in [4.78, 5) is 14.5. The molecule has 1 fully saturated rings. The van der Waals surface area contributed by atoms with Crippen LogP contribution in [-0.4, -0.2) is 73.3 Å². The third-order valence-electron chi connectivity index (χ3n) is 6.12. The molecule has 1 aliphatic heterocycles. The molecule has 0 amide bonds. The maximum absolute atomic E-state index is 5.16. The van der Waals surface area contributed by atoms with Gasteiger partial charge in [0, 0.05) is 43.6 Å². The van der Waals surface area contributed by atoms with Gasteiger partial charge in [-0.15, -0.1) is 0 Å². The number of benzene rings is 1. The van der Waals surface area contributed by atoms with Crippen LogP contribution in [0.1, 0.15) is 42.5 Å². The Morgan fingerprint density at radius 2 is 1.81 bits per heavy atom. The largest absolute Gasteiger partial charge is 0.383 e. The molecule has 0 saturated carbocycles. The second-order valence-electron chi connectivity index (χ2n) is 8.72. The molecule has 1 aromatic carbocycles. The fourth-order valence-electron chi connectivity index (χ4n) is 4.02. The molecule has 0 radical (unpaired) electrons. The van der Waals surface area contributed by atoms with Crippen molar-refractivity contribution in [3.63, 3.8) is 0 Å². The highest BCUT2D eigenvalue weighted by Crippen LogP contribution is 2.22. The normalized spacial score (nSPS) is 14.9. The van der Waals surface area contributed by atoms with Crippen LogP contribution >= 0.6 is 0 Å². The lowest BCUT2D eigenvalue weighted by Crippen LogP contribution is -2.31. The summed E-state index contributed by atoms with van der Waals surface area (Å²) in [6, 6.07) is 8.60. The zero-order chi connectivity index (χ0) is 22.1. The van der Waals surface area contributed by atoms with Gasteiger partial charge in [-0.1, -0.05) is 30.7 Å². The van der Waals surface area contributed by atoms with Gasteiger partial charge in [-0.25, -0.2) is 9.97 Å². The number of aryl methyl sites for hydroxylation is 1. The Kier molecular flexibility index (Phi) is 9.25. The summed E-state index contributed by atoms with van der Waals surface area (Å²) >= 11 is 0. The van der Waals surface area contributed by atoms with Gasteiger partial charge < -0.3 is 15.0 Å². The van der Waals surface area contributed by atoms with Gasteiger partial charge in [-0.3, -0.25) is 4.90 Å². The molecule has 31 heavy (non-hydrogen) atoms. The topological polar surface area (TPSA) is 53.5 Å². The van der Waals surface area contributed by atoms with E-state index in [1.54, 1.807) is 7.11 Å². The van der Waals surface area contributed by atoms with Crippen molar-refractivity contribution >= 4 is 5.82 Å². The number of likely N-dealkylation sites (N-methyl/N-ethyl adjacent to an activating group) is 1. The van der Waals surface area contributed by atoms with E-state index < -0.39 is 0 Å². The van der Waals surface area contributed by atoms with Gasteiger partial charge in [0.2, 0.25) is 0 Å². The second kappa shape index (κ2) is 12.1. The molecule has 1 N–H and O–H groups in total. The predicted molar refractivity (Wildman–Crippen MR) is 129 cm³/mol. The summed E-state index contributed by atoms with van der Waals surface area (Å²) < 4.78 is 5.16. The molecule has 3 rings (SSSR count). The first-order valence-electron chi connectivity index (χ1n) is 11.6. The van der Waals surface area contributed by atoms with Gasteiger partial charge in [0.15, 0.2) is 5.82 Å². The Bertz CT molecular complexity index is 802. The van der Waals surface area contributed by atoms with Gasteiger partial charge in [-0.2, -0.15) is 0 Å². The number of hydrogen-bond acceptors (Lipinski definition) is 6. The Morgan fingerprint density at radius 3 is 2.52 bits per heavy atom. The Morgan fingerprint density at radius 1 is 1.06 bits per heavy atom. The van der Waals surface area contributed by atoms with E-state index in [4.69, 9.17) is 14.7 Å². The molecule has 0 unspecified atom stereocenters. The van der Waals surface area contributed by atoms with Crippen molar-refractivity contribution in [2.24, 2.45) is 0 Å². The van der Waals surface area contributed by atoms with Crippen LogP contribution < -0.4 is 5.32 Å². The Balaban J connectivity index is 1.59. The first-order chi connectivity index (χ1) is 15.1. The Labute approximate surface area is 188 Å². The van der Waals surface area contributed by atoms with E-state index >= 15 is 0 Å². The Hall–Kier alpha value is -2.02. The third kappa shape index (κ3) is 7.27. The summed E-state index contributed by atoms with van der Waals surface area (Å²) in [7, 11) is 3.85. The lowest BCUT2D eigenvalue weighted by atomic mass is 10.1. The van der Waals surface area contributed by atoms with Crippen LogP contribution in [0.4, 0.5) is 5.82 Å². The van der Waals surface area contributed by atoms with E-state index in [-0.39, 0.29) is 0 Å². The van der Waals surface area contributed by atoms with Crippen LogP contribution in [0.25, 0.3) is 11.4 Å². The van der Waals surface area contributed by atoms with E-state index in [1.165, 1.54) is 44.5 Å². The van der Waals surface area contributed by atoms with Crippen LogP contribution in [0.5, 0.6) is 0 Å². The summed E-state index contributed by atoms with van der Waals surface area (Å²) in [5.74, 6) is 1.76. The third-order valence-corrected chi connectivity index (χ3v) is 6.12. The van der Waals surface area contributed by atoms with Crippen LogP contribution in [-0.2, 0) is 11.3 Å². The van der Waals surface area contributed by atoms with Gasteiger partial charge in [0.05, 0.1) is 6.61 Å². The first-order valence-corrected chi connectivity index (χ1v) is 11.6. The minimum atomic E-state index is 0.749. The zero-order valence-electron chi connectivity index (χ0n) is 19.8. The SMILES string of the molecule is COCCN(C)Cc1ccc(-c2nc(C)c(C)c(NCCCN3CCCCC3)n2)cc1. The smallest absolute Gasteiger partial charge is 0.161 e. The second-order valence-corrected chi connectivity index (χ2v) is 8.72. The van der Waals surface area contributed by atoms with Crippen molar-refractivity contribution in [3.8, 4) is 11.4 Å². The number of piperidine rings is 1. The molecule has 1 aromatic heterocycles. The van der Waals surface area contributed by atoms with Crippen molar-refractivity contribution in [2.45, 2.75) is 46.1 Å². The van der Waals surface area contributed by atoms with Crippen LogP contribution in [0, 0.1) is 13.8 Å². The summed E-state index contributed by atoms with van der Waals surface area (Å²) in [6.07, 6.45) is 5.23. The molecule has 6 heteroatoms. The number of nitrogens with zero attached hydrogens (tertiary/aromatic N) is 4. The minimum absolute atomic E-state index is 0.749. The van der Waals surface area contributed by atoms with Crippen molar-refractivity contribution in [1.29, 1.82) is 0 Å². The number of methoxy groups -OCH3 is 1. The van der Waals surface area contributed by atoms with E-state index in [9.17, 15) is 0 Å². The summed E-state index contributed by atoms with van der Waals surface area (Å²) in [6.45, 7) is 11.4. The predicted octanol–water partition coefficient (Wildman–Crippen LogP) is 4.13. The molecular weight excluding hydrogens is 386 g/mol. The first kappa shape index (κ1) is 23.6.